The van der Waals surface area contributed by atoms with Gasteiger partial charge in [0.25, 0.3) is 0 Å². The van der Waals surface area contributed by atoms with E-state index in [2.05, 4.69) is 13.8 Å². The molecule has 0 aromatic rings. The third-order valence-corrected chi connectivity index (χ3v) is 2.21. The van der Waals surface area contributed by atoms with Crippen LogP contribution in [0.5, 0.6) is 0 Å². The number of hydrogen-bond acceptors (Lipinski definition) is 3. The van der Waals surface area contributed by atoms with E-state index in [0.717, 1.165) is 25.7 Å². The van der Waals surface area contributed by atoms with Crippen LogP contribution in [0.2, 0.25) is 0 Å². The Morgan fingerprint density at radius 3 is 1.68 bits per heavy atom. The Morgan fingerprint density at radius 2 is 1.32 bits per heavy atom. The predicted molar refractivity (Wildman–Crippen MR) is 73.1 cm³/mol. The highest BCUT2D eigenvalue weighted by Gasteiger charge is 1.98. The molecule has 110 valence electrons. The summed E-state index contributed by atoms with van der Waals surface area (Å²) in [6.45, 7) is 4.25. The van der Waals surface area contributed by atoms with Gasteiger partial charge in [-0.2, -0.15) is 0 Å². The van der Waals surface area contributed by atoms with Gasteiger partial charge >= 0.3 is 11.9 Å². The van der Waals surface area contributed by atoms with Gasteiger partial charge in [0, 0.05) is 25.0 Å². The van der Waals surface area contributed by atoms with Crippen molar-refractivity contribution in [1.29, 1.82) is 0 Å². The molecule has 0 heterocycles. The summed E-state index contributed by atoms with van der Waals surface area (Å²) in [6.07, 6.45) is 8.58. The molecule has 0 aliphatic rings. The number of ketones is 1. The molecule has 0 aliphatic carbocycles. The Bertz CT molecular complexity index is 278. The van der Waals surface area contributed by atoms with Crippen molar-refractivity contribution in [2.75, 3.05) is 0 Å². The van der Waals surface area contributed by atoms with Crippen molar-refractivity contribution in [3.05, 3.63) is 12.2 Å². The van der Waals surface area contributed by atoms with Crippen molar-refractivity contribution < 1.29 is 24.6 Å². The first-order valence-electron chi connectivity index (χ1n) is 6.59. The summed E-state index contributed by atoms with van der Waals surface area (Å²) in [5.74, 6) is -2.07. The van der Waals surface area contributed by atoms with Gasteiger partial charge in [-0.1, -0.05) is 33.1 Å². The standard InChI is InChI=1S/C10H20O.C4H4O4/c1-3-5-6-7-9-10(11)8-4-2;5-3(6)1-2-4(7)8/h3-9H2,1-2H3;1-2H,(H,5,6)(H,7,8)/b;2-1-. The maximum absolute atomic E-state index is 11.0. The molecule has 0 saturated heterocycles. The van der Waals surface area contributed by atoms with Gasteiger partial charge in [-0.3, -0.25) is 4.79 Å². The average Bonchev–Trinajstić information content (AvgIpc) is 2.33. The van der Waals surface area contributed by atoms with Crippen molar-refractivity contribution in [3.63, 3.8) is 0 Å². The molecule has 5 nitrogen and oxygen atoms in total. The van der Waals surface area contributed by atoms with E-state index < -0.39 is 11.9 Å². The molecule has 0 fully saturated rings. The van der Waals surface area contributed by atoms with Gasteiger partial charge in [-0.05, 0) is 12.8 Å². The van der Waals surface area contributed by atoms with Crippen LogP contribution >= 0.6 is 0 Å². The minimum Gasteiger partial charge on any atom is -0.478 e. The predicted octanol–water partition coefficient (Wildman–Crippen LogP) is 3.04. The van der Waals surface area contributed by atoms with Crippen LogP contribution in [0.1, 0.15) is 58.8 Å². The lowest BCUT2D eigenvalue weighted by Crippen LogP contribution is -1.95. The molecule has 5 heteroatoms. The van der Waals surface area contributed by atoms with Crippen LogP contribution in [0.25, 0.3) is 0 Å². The molecule has 0 amide bonds. The number of rotatable bonds is 9. The highest BCUT2D eigenvalue weighted by molar-refractivity contribution is 5.89. The first kappa shape index (κ1) is 19.7. The van der Waals surface area contributed by atoms with Gasteiger partial charge < -0.3 is 10.2 Å². The summed E-state index contributed by atoms with van der Waals surface area (Å²) in [6, 6.07) is 0. The summed E-state index contributed by atoms with van der Waals surface area (Å²) in [4.78, 5) is 30.1. The lowest BCUT2D eigenvalue weighted by molar-refractivity contribution is -0.134. The number of Topliss-reactive ketones (excluding diaryl/α,β-unsaturated/α-hetero) is 1. The maximum atomic E-state index is 11.0. The number of carboxylic acid groups (broad SMARTS) is 2. The van der Waals surface area contributed by atoms with Crippen LogP contribution in [-0.2, 0) is 14.4 Å². The van der Waals surface area contributed by atoms with Crippen LogP contribution in [0.3, 0.4) is 0 Å². The molecular weight excluding hydrogens is 248 g/mol. The average molecular weight is 272 g/mol. The summed E-state index contributed by atoms with van der Waals surface area (Å²) >= 11 is 0. The third kappa shape index (κ3) is 22.1. The minimum atomic E-state index is -1.26. The molecule has 0 rings (SSSR count). The quantitative estimate of drug-likeness (QED) is 0.497. The van der Waals surface area contributed by atoms with Crippen LogP contribution in [0.4, 0.5) is 0 Å². The smallest absolute Gasteiger partial charge is 0.328 e. The van der Waals surface area contributed by atoms with Crippen LogP contribution in [-0.4, -0.2) is 27.9 Å². The van der Waals surface area contributed by atoms with E-state index in [1.165, 1.54) is 19.3 Å². The highest BCUT2D eigenvalue weighted by Crippen LogP contribution is 2.04. The van der Waals surface area contributed by atoms with Gasteiger partial charge in [0.15, 0.2) is 0 Å². The van der Waals surface area contributed by atoms with E-state index in [1.54, 1.807) is 0 Å². The monoisotopic (exact) mass is 272 g/mol. The van der Waals surface area contributed by atoms with E-state index in [-0.39, 0.29) is 0 Å². The normalized spacial score (nSPS) is 9.79. The molecule has 0 radical (unpaired) electrons. The second kappa shape index (κ2) is 14.4. The van der Waals surface area contributed by atoms with E-state index in [0.29, 0.717) is 17.9 Å². The van der Waals surface area contributed by atoms with Crippen molar-refractivity contribution in [2.24, 2.45) is 0 Å². The van der Waals surface area contributed by atoms with E-state index in [1.807, 2.05) is 0 Å². The van der Waals surface area contributed by atoms with E-state index >= 15 is 0 Å². The Hall–Kier alpha value is -1.65. The SMILES string of the molecule is CCCCCCC(=O)CCC.O=C(O)/C=C\C(=O)O. The molecule has 0 bridgehead atoms. The van der Waals surface area contributed by atoms with E-state index in [4.69, 9.17) is 10.2 Å². The summed E-state index contributed by atoms with van der Waals surface area (Å²) in [7, 11) is 0. The van der Waals surface area contributed by atoms with Crippen LogP contribution < -0.4 is 0 Å². The topological polar surface area (TPSA) is 91.7 Å². The Balaban J connectivity index is 0. The second-order valence-corrected chi connectivity index (χ2v) is 4.11. The number of aliphatic carboxylic acids is 2. The molecular formula is C14H24O5. The zero-order chi connectivity index (χ0) is 15.1. The van der Waals surface area contributed by atoms with Crippen LogP contribution in [0.15, 0.2) is 12.2 Å². The first-order chi connectivity index (χ1) is 8.93. The van der Waals surface area contributed by atoms with Crippen molar-refractivity contribution in [2.45, 2.75) is 58.8 Å². The second-order valence-electron chi connectivity index (χ2n) is 4.11. The molecule has 19 heavy (non-hydrogen) atoms. The molecule has 0 aliphatic heterocycles. The fourth-order valence-corrected chi connectivity index (χ4v) is 1.30. The molecule has 0 aromatic carbocycles. The maximum Gasteiger partial charge on any atom is 0.328 e. The fourth-order valence-electron chi connectivity index (χ4n) is 1.30. The zero-order valence-corrected chi connectivity index (χ0v) is 11.7. The number of hydrogen-bond donors (Lipinski definition) is 2. The fraction of sp³-hybridized carbons (Fsp3) is 0.643. The number of carboxylic acids is 2. The van der Waals surface area contributed by atoms with Gasteiger partial charge in [0.2, 0.25) is 0 Å². The summed E-state index contributed by atoms with van der Waals surface area (Å²) < 4.78 is 0. The molecule has 0 spiro atoms. The number of unbranched alkanes of at least 4 members (excludes halogenated alkanes) is 3. The van der Waals surface area contributed by atoms with Gasteiger partial charge in [-0.25, -0.2) is 9.59 Å². The third-order valence-electron chi connectivity index (χ3n) is 2.21. The van der Waals surface area contributed by atoms with Crippen molar-refractivity contribution >= 4 is 17.7 Å². The van der Waals surface area contributed by atoms with E-state index in [9.17, 15) is 14.4 Å². The largest absolute Gasteiger partial charge is 0.478 e. The Labute approximate surface area is 114 Å². The first-order valence-corrected chi connectivity index (χ1v) is 6.59. The Morgan fingerprint density at radius 1 is 0.789 bits per heavy atom. The number of carbonyl (C=O) groups is 3. The summed E-state index contributed by atoms with van der Waals surface area (Å²) in [5, 5.41) is 15.6. The lowest BCUT2D eigenvalue weighted by atomic mass is 10.1. The molecule has 0 aromatic heterocycles. The van der Waals surface area contributed by atoms with Crippen LogP contribution in [0, 0.1) is 0 Å². The van der Waals surface area contributed by atoms with Gasteiger partial charge in [0.05, 0.1) is 0 Å². The van der Waals surface area contributed by atoms with Crippen molar-refractivity contribution in [3.8, 4) is 0 Å². The Kier molecular flexibility index (Phi) is 14.9. The van der Waals surface area contributed by atoms with Gasteiger partial charge in [-0.15, -0.1) is 0 Å². The van der Waals surface area contributed by atoms with Gasteiger partial charge in [0.1, 0.15) is 5.78 Å². The molecule has 0 atom stereocenters. The van der Waals surface area contributed by atoms with Crippen molar-refractivity contribution in [1.82, 2.24) is 0 Å². The highest BCUT2D eigenvalue weighted by atomic mass is 16.4. The number of carbonyl (C=O) groups excluding carboxylic acids is 1. The molecule has 0 saturated carbocycles. The molecule has 2 N–H and O–H groups in total. The minimum absolute atomic E-state index is 0.448. The summed E-state index contributed by atoms with van der Waals surface area (Å²) in [5.41, 5.74) is 0. The molecule has 0 unspecified atom stereocenters. The zero-order valence-electron chi connectivity index (χ0n) is 11.7. The lowest BCUT2D eigenvalue weighted by Gasteiger charge is -1.97.